The fourth-order valence-corrected chi connectivity index (χ4v) is 2.44. The van der Waals surface area contributed by atoms with Crippen molar-refractivity contribution in [3.05, 3.63) is 23.4 Å². The van der Waals surface area contributed by atoms with Gasteiger partial charge in [0.15, 0.2) is 0 Å². The van der Waals surface area contributed by atoms with Gasteiger partial charge in [-0.2, -0.15) is 0 Å². The SMILES string of the molecule is Cc1ccnc(N2CCC(CO)CC2)c1C(=N)N. The van der Waals surface area contributed by atoms with E-state index in [9.17, 15) is 0 Å². The molecule has 5 heteroatoms. The molecule has 1 aromatic heterocycles. The molecule has 0 spiro atoms. The molecule has 18 heavy (non-hydrogen) atoms. The van der Waals surface area contributed by atoms with Crippen LogP contribution in [0.2, 0.25) is 0 Å². The van der Waals surface area contributed by atoms with E-state index in [1.165, 1.54) is 0 Å². The highest BCUT2D eigenvalue weighted by atomic mass is 16.3. The zero-order valence-corrected chi connectivity index (χ0v) is 10.7. The number of nitrogens with two attached hydrogens (primary N) is 1. The van der Waals surface area contributed by atoms with E-state index in [4.69, 9.17) is 16.2 Å². The van der Waals surface area contributed by atoms with E-state index in [1.54, 1.807) is 6.20 Å². The number of amidine groups is 1. The number of hydrogen-bond donors (Lipinski definition) is 3. The predicted octanol–water partition coefficient (Wildman–Crippen LogP) is 0.883. The van der Waals surface area contributed by atoms with Crippen molar-refractivity contribution in [2.24, 2.45) is 11.7 Å². The maximum Gasteiger partial charge on any atom is 0.139 e. The molecular weight excluding hydrogens is 228 g/mol. The Hall–Kier alpha value is -1.62. The van der Waals surface area contributed by atoms with Crippen LogP contribution in [0.25, 0.3) is 0 Å². The second-order valence-electron chi connectivity index (χ2n) is 4.85. The molecule has 0 atom stereocenters. The summed E-state index contributed by atoms with van der Waals surface area (Å²) in [6.07, 6.45) is 3.68. The first-order chi connectivity index (χ1) is 8.63. The highest BCUT2D eigenvalue weighted by Gasteiger charge is 2.22. The van der Waals surface area contributed by atoms with Crippen LogP contribution in [0.15, 0.2) is 12.3 Å². The number of piperidine rings is 1. The number of rotatable bonds is 3. The van der Waals surface area contributed by atoms with Gasteiger partial charge in [-0.05, 0) is 37.3 Å². The van der Waals surface area contributed by atoms with Crippen molar-refractivity contribution in [2.75, 3.05) is 24.6 Å². The highest BCUT2D eigenvalue weighted by molar-refractivity contribution is 6.01. The number of aliphatic hydroxyl groups is 1. The van der Waals surface area contributed by atoms with Crippen LogP contribution in [0.1, 0.15) is 24.0 Å². The largest absolute Gasteiger partial charge is 0.396 e. The molecule has 0 unspecified atom stereocenters. The molecule has 98 valence electrons. The third-order valence-corrected chi connectivity index (χ3v) is 3.58. The van der Waals surface area contributed by atoms with Gasteiger partial charge in [0.25, 0.3) is 0 Å². The third-order valence-electron chi connectivity index (χ3n) is 3.58. The maximum atomic E-state index is 9.15. The van der Waals surface area contributed by atoms with Gasteiger partial charge in [-0.3, -0.25) is 5.41 Å². The van der Waals surface area contributed by atoms with Crippen molar-refractivity contribution in [3.63, 3.8) is 0 Å². The van der Waals surface area contributed by atoms with E-state index in [-0.39, 0.29) is 12.4 Å². The first-order valence-electron chi connectivity index (χ1n) is 6.29. The lowest BCUT2D eigenvalue weighted by Crippen LogP contribution is -2.36. The number of aromatic nitrogens is 1. The lowest BCUT2D eigenvalue weighted by Gasteiger charge is -2.33. The zero-order valence-electron chi connectivity index (χ0n) is 10.7. The second kappa shape index (κ2) is 5.35. The van der Waals surface area contributed by atoms with Crippen LogP contribution >= 0.6 is 0 Å². The van der Waals surface area contributed by atoms with Crippen LogP contribution in [-0.2, 0) is 0 Å². The van der Waals surface area contributed by atoms with Crippen LogP contribution in [0.5, 0.6) is 0 Å². The molecule has 1 aromatic rings. The maximum absolute atomic E-state index is 9.15. The number of nitrogens with one attached hydrogen (secondary N) is 1. The minimum absolute atomic E-state index is 0.0693. The van der Waals surface area contributed by atoms with Gasteiger partial charge in [0, 0.05) is 25.9 Å². The van der Waals surface area contributed by atoms with E-state index in [0.29, 0.717) is 5.92 Å². The number of aryl methyl sites for hydroxylation is 1. The molecule has 1 saturated heterocycles. The first-order valence-corrected chi connectivity index (χ1v) is 6.29. The lowest BCUT2D eigenvalue weighted by molar-refractivity contribution is 0.203. The molecule has 0 saturated carbocycles. The Morgan fingerprint density at radius 2 is 2.22 bits per heavy atom. The van der Waals surface area contributed by atoms with E-state index >= 15 is 0 Å². The fraction of sp³-hybridized carbons (Fsp3) is 0.538. The second-order valence-corrected chi connectivity index (χ2v) is 4.85. The van der Waals surface area contributed by atoms with Crippen LogP contribution in [0.4, 0.5) is 5.82 Å². The predicted molar refractivity (Wildman–Crippen MR) is 72.0 cm³/mol. The molecule has 0 radical (unpaired) electrons. The Kier molecular flexibility index (Phi) is 3.81. The molecule has 0 aromatic carbocycles. The van der Waals surface area contributed by atoms with E-state index in [0.717, 1.165) is 42.9 Å². The lowest BCUT2D eigenvalue weighted by atomic mass is 9.97. The summed E-state index contributed by atoms with van der Waals surface area (Å²) in [5.74, 6) is 1.27. The van der Waals surface area contributed by atoms with E-state index in [1.807, 2.05) is 13.0 Å². The number of hydrogen-bond acceptors (Lipinski definition) is 4. The summed E-state index contributed by atoms with van der Waals surface area (Å²) in [4.78, 5) is 6.54. The van der Waals surface area contributed by atoms with Gasteiger partial charge in [0.05, 0.1) is 5.56 Å². The quantitative estimate of drug-likeness (QED) is 0.547. The number of nitrogens with zero attached hydrogens (tertiary/aromatic N) is 2. The third kappa shape index (κ3) is 2.46. The van der Waals surface area contributed by atoms with E-state index in [2.05, 4.69) is 9.88 Å². The van der Waals surface area contributed by atoms with Gasteiger partial charge in [-0.25, -0.2) is 4.98 Å². The van der Waals surface area contributed by atoms with Gasteiger partial charge in [0.2, 0.25) is 0 Å². The van der Waals surface area contributed by atoms with Gasteiger partial charge in [0.1, 0.15) is 11.7 Å². The summed E-state index contributed by atoms with van der Waals surface area (Å²) in [7, 11) is 0. The van der Waals surface area contributed by atoms with Crippen LogP contribution in [0, 0.1) is 18.3 Å². The zero-order chi connectivity index (χ0) is 13.1. The topological polar surface area (TPSA) is 86.2 Å². The monoisotopic (exact) mass is 248 g/mol. The smallest absolute Gasteiger partial charge is 0.139 e. The molecule has 0 amide bonds. The summed E-state index contributed by atoms with van der Waals surface area (Å²) in [5, 5.41) is 16.8. The number of pyridine rings is 1. The first kappa shape index (κ1) is 12.8. The minimum Gasteiger partial charge on any atom is -0.396 e. The summed E-state index contributed by atoms with van der Waals surface area (Å²) in [5.41, 5.74) is 7.37. The minimum atomic E-state index is 0.0693. The Balaban J connectivity index is 2.24. The molecule has 2 rings (SSSR count). The van der Waals surface area contributed by atoms with Crippen molar-refractivity contribution in [1.82, 2.24) is 4.98 Å². The molecule has 4 N–H and O–H groups in total. The average molecular weight is 248 g/mol. The highest BCUT2D eigenvalue weighted by Crippen LogP contribution is 2.25. The van der Waals surface area contributed by atoms with Crippen molar-refractivity contribution < 1.29 is 5.11 Å². The van der Waals surface area contributed by atoms with E-state index < -0.39 is 0 Å². The van der Waals surface area contributed by atoms with Gasteiger partial charge < -0.3 is 15.7 Å². The Morgan fingerprint density at radius 1 is 1.56 bits per heavy atom. The van der Waals surface area contributed by atoms with Crippen molar-refractivity contribution >= 4 is 11.7 Å². The number of aliphatic hydroxyl groups excluding tert-OH is 1. The van der Waals surface area contributed by atoms with Gasteiger partial charge in [-0.1, -0.05) is 0 Å². The van der Waals surface area contributed by atoms with Crippen molar-refractivity contribution in [2.45, 2.75) is 19.8 Å². The normalized spacial score (nSPS) is 16.9. The Bertz CT molecular complexity index is 439. The van der Waals surface area contributed by atoms with Gasteiger partial charge >= 0.3 is 0 Å². The number of nitrogen functional groups attached to an aromatic ring is 1. The molecule has 1 fully saturated rings. The fourth-order valence-electron chi connectivity index (χ4n) is 2.44. The van der Waals surface area contributed by atoms with Crippen LogP contribution in [-0.4, -0.2) is 35.6 Å². The molecular formula is C13H20N4O. The van der Waals surface area contributed by atoms with Crippen molar-refractivity contribution in [1.29, 1.82) is 5.41 Å². The molecule has 0 bridgehead atoms. The van der Waals surface area contributed by atoms with Crippen LogP contribution in [0.3, 0.4) is 0 Å². The number of anilines is 1. The molecule has 2 heterocycles. The van der Waals surface area contributed by atoms with Crippen molar-refractivity contribution in [3.8, 4) is 0 Å². The van der Waals surface area contributed by atoms with Crippen LogP contribution < -0.4 is 10.6 Å². The summed E-state index contributed by atoms with van der Waals surface area (Å²) in [6, 6.07) is 1.88. The molecule has 1 aliphatic heterocycles. The Morgan fingerprint density at radius 3 is 2.78 bits per heavy atom. The summed E-state index contributed by atoms with van der Waals surface area (Å²) < 4.78 is 0. The Labute approximate surface area is 107 Å². The summed E-state index contributed by atoms with van der Waals surface area (Å²) in [6.45, 7) is 3.93. The van der Waals surface area contributed by atoms with Gasteiger partial charge in [-0.15, -0.1) is 0 Å². The average Bonchev–Trinajstić information content (AvgIpc) is 2.38. The molecule has 5 nitrogen and oxygen atoms in total. The summed E-state index contributed by atoms with van der Waals surface area (Å²) >= 11 is 0. The molecule has 1 aliphatic rings. The molecule has 0 aliphatic carbocycles. The standard InChI is InChI=1S/C13H20N4O/c1-9-2-5-16-13(11(9)12(14)15)17-6-3-10(8-18)4-7-17/h2,5,10,18H,3-4,6-8H2,1H3,(H3,14,15).